The van der Waals surface area contributed by atoms with Crippen LogP contribution in [-0.2, 0) is 14.4 Å². The third-order valence-corrected chi connectivity index (χ3v) is 3.45. The number of carbonyl (C=O) groups is 3. The standard InChI is InChI=1S/C13H21N3O3.ClH/c1-8(2)16-12(18)5-10(13(16)19)15-11(17)7-14-6-9-3-4-9;/h8-10,14H,3-7H2,1-2H3,(H,15,17);1H. The van der Waals surface area contributed by atoms with Gasteiger partial charge in [0.2, 0.25) is 11.8 Å². The quantitative estimate of drug-likeness (QED) is 0.680. The molecule has 2 rings (SSSR count). The molecule has 0 spiro atoms. The summed E-state index contributed by atoms with van der Waals surface area (Å²) >= 11 is 0. The number of nitrogens with zero attached hydrogens (tertiary/aromatic N) is 1. The van der Waals surface area contributed by atoms with Crippen molar-refractivity contribution >= 4 is 30.1 Å². The smallest absolute Gasteiger partial charge is 0.252 e. The molecule has 0 bridgehead atoms. The number of hydrogen-bond acceptors (Lipinski definition) is 4. The van der Waals surface area contributed by atoms with Crippen molar-refractivity contribution < 1.29 is 14.4 Å². The topological polar surface area (TPSA) is 78.5 Å². The second-order valence-electron chi connectivity index (χ2n) is 5.59. The van der Waals surface area contributed by atoms with E-state index >= 15 is 0 Å². The Bertz CT molecular complexity index is 396. The molecule has 114 valence electrons. The summed E-state index contributed by atoms with van der Waals surface area (Å²) in [6.45, 7) is 4.63. The molecule has 2 N–H and O–H groups in total. The molecule has 1 aliphatic carbocycles. The van der Waals surface area contributed by atoms with E-state index in [2.05, 4.69) is 10.6 Å². The number of hydrogen-bond donors (Lipinski definition) is 2. The van der Waals surface area contributed by atoms with Gasteiger partial charge in [-0.3, -0.25) is 19.3 Å². The zero-order valence-electron chi connectivity index (χ0n) is 11.8. The summed E-state index contributed by atoms with van der Waals surface area (Å²) in [6, 6.07) is -0.847. The third kappa shape index (κ3) is 4.18. The van der Waals surface area contributed by atoms with Crippen molar-refractivity contribution in [3.05, 3.63) is 0 Å². The highest BCUT2D eigenvalue weighted by Crippen LogP contribution is 2.27. The van der Waals surface area contributed by atoms with Crippen LogP contribution in [0.5, 0.6) is 0 Å². The van der Waals surface area contributed by atoms with Gasteiger partial charge in [0, 0.05) is 6.04 Å². The molecule has 0 radical (unpaired) electrons. The SMILES string of the molecule is CC(C)N1C(=O)CC(NC(=O)CNCC2CC2)C1=O.Cl. The van der Waals surface area contributed by atoms with Crippen molar-refractivity contribution in [1.29, 1.82) is 0 Å². The molecule has 2 fully saturated rings. The second-order valence-corrected chi connectivity index (χ2v) is 5.59. The van der Waals surface area contributed by atoms with Crippen LogP contribution in [0.4, 0.5) is 0 Å². The monoisotopic (exact) mass is 303 g/mol. The Balaban J connectivity index is 0.00000200. The van der Waals surface area contributed by atoms with Crippen LogP contribution in [0.1, 0.15) is 33.1 Å². The number of halogens is 1. The van der Waals surface area contributed by atoms with Crippen molar-refractivity contribution in [3.8, 4) is 0 Å². The molecular formula is C13H22ClN3O3. The number of carbonyl (C=O) groups excluding carboxylic acids is 3. The predicted molar refractivity (Wildman–Crippen MR) is 76.4 cm³/mol. The lowest BCUT2D eigenvalue weighted by molar-refractivity contribution is -0.141. The molecule has 2 aliphatic rings. The van der Waals surface area contributed by atoms with Crippen LogP contribution >= 0.6 is 12.4 Å². The fraction of sp³-hybridized carbons (Fsp3) is 0.769. The largest absolute Gasteiger partial charge is 0.343 e. The molecule has 20 heavy (non-hydrogen) atoms. The zero-order valence-corrected chi connectivity index (χ0v) is 12.7. The fourth-order valence-corrected chi connectivity index (χ4v) is 2.26. The first-order chi connectivity index (χ1) is 8.99. The van der Waals surface area contributed by atoms with E-state index < -0.39 is 6.04 Å². The molecular weight excluding hydrogens is 282 g/mol. The highest BCUT2D eigenvalue weighted by atomic mass is 35.5. The molecule has 3 amide bonds. The molecule has 1 aliphatic heterocycles. The first-order valence-electron chi connectivity index (χ1n) is 6.85. The van der Waals surface area contributed by atoms with E-state index in [-0.39, 0.29) is 49.1 Å². The van der Waals surface area contributed by atoms with E-state index in [1.165, 1.54) is 17.7 Å². The lowest BCUT2D eigenvalue weighted by atomic mass is 10.2. The highest BCUT2D eigenvalue weighted by Gasteiger charge is 2.40. The zero-order chi connectivity index (χ0) is 14.0. The minimum Gasteiger partial charge on any atom is -0.343 e. The van der Waals surface area contributed by atoms with Gasteiger partial charge in [-0.05, 0) is 39.2 Å². The molecule has 1 unspecified atom stereocenters. The molecule has 1 atom stereocenters. The summed E-state index contributed by atoms with van der Waals surface area (Å²) in [5.74, 6) is -0.0249. The summed E-state index contributed by atoms with van der Waals surface area (Å²) in [6.07, 6.45) is 2.53. The molecule has 0 aromatic carbocycles. The molecule has 7 heteroatoms. The Morgan fingerprint density at radius 2 is 2.00 bits per heavy atom. The summed E-state index contributed by atoms with van der Waals surface area (Å²) in [5.41, 5.74) is 0. The maximum atomic E-state index is 12.0. The minimum absolute atomic E-state index is 0. The normalized spacial score (nSPS) is 22.1. The first kappa shape index (κ1) is 16.9. The Morgan fingerprint density at radius 3 is 2.50 bits per heavy atom. The molecule has 0 aromatic heterocycles. The van der Waals surface area contributed by atoms with Gasteiger partial charge in [-0.15, -0.1) is 12.4 Å². The van der Waals surface area contributed by atoms with E-state index in [4.69, 9.17) is 0 Å². The van der Waals surface area contributed by atoms with Gasteiger partial charge < -0.3 is 10.6 Å². The highest BCUT2D eigenvalue weighted by molar-refractivity contribution is 6.07. The average Bonchev–Trinajstić information content (AvgIpc) is 3.07. The Labute approximate surface area is 125 Å². The summed E-state index contributed by atoms with van der Waals surface area (Å²) in [4.78, 5) is 36.5. The van der Waals surface area contributed by atoms with Gasteiger partial charge in [0.1, 0.15) is 6.04 Å². The lowest BCUT2D eigenvalue weighted by Gasteiger charge is -2.19. The Kier molecular flexibility index (Phi) is 5.95. The molecule has 0 aromatic rings. The van der Waals surface area contributed by atoms with Gasteiger partial charge in [0.25, 0.3) is 5.91 Å². The Hall–Kier alpha value is -1.14. The molecule has 1 saturated heterocycles. The molecule has 1 heterocycles. The molecule has 1 saturated carbocycles. The van der Waals surface area contributed by atoms with Gasteiger partial charge in [0.15, 0.2) is 0 Å². The average molecular weight is 304 g/mol. The maximum absolute atomic E-state index is 12.0. The summed E-state index contributed by atoms with van der Waals surface area (Å²) in [7, 11) is 0. The van der Waals surface area contributed by atoms with Gasteiger partial charge in [-0.1, -0.05) is 0 Å². The predicted octanol–water partition coefficient (Wildman–Crippen LogP) is 0.0599. The van der Waals surface area contributed by atoms with E-state index in [1.807, 2.05) is 0 Å². The van der Waals surface area contributed by atoms with Gasteiger partial charge in [0.05, 0.1) is 13.0 Å². The second kappa shape index (κ2) is 7.04. The first-order valence-corrected chi connectivity index (χ1v) is 6.85. The third-order valence-electron chi connectivity index (χ3n) is 3.45. The number of amides is 3. The van der Waals surface area contributed by atoms with Crippen LogP contribution in [0, 0.1) is 5.92 Å². The van der Waals surface area contributed by atoms with E-state index in [9.17, 15) is 14.4 Å². The Morgan fingerprint density at radius 1 is 1.35 bits per heavy atom. The minimum atomic E-state index is -0.690. The number of likely N-dealkylation sites (tertiary alicyclic amines) is 1. The van der Waals surface area contributed by atoms with E-state index in [0.717, 1.165) is 6.54 Å². The van der Waals surface area contributed by atoms with Gasteiger partial charge >= 0.3 is 0 Å². The fourth-order valence-electron chi connectivity index (χ4n) is 2.26. The number of nitrogens with one attached hydrogen (secondary N) is 2. The summed E-state index contributed by atoms with van der Waals surface area (Å²) < 4.78 is 0. The van der Waals surface area contributed by atoms with Crippen LogP contribution in [0.3, 0.4) is 0 Å². The van der Waals surface area contributed by atoms with Gasteiger partial charge in [-0.2, -0.15) is 0 Å². The van der Waals surface area contributed by atoms with Crippen molar-refractivity contribution in [1.82, 2.24) is 15.5 Å². The number of rotatable bonds is 6. The van der Waals surface area contributed by atoms with Crippen molar-refractivity contribution in [2.75, 3.05) is 13.1 Å². The van der Waals surface area contributed by atoms with Gasteiger partial charge in [-0.25, -0.2) is 0 Å². The van der Waals surface area contributed by atoms with Crippen molar-refractivity contribution in [2.45, 2.75) is 45.2 Å². The lowest BCUT2D eigenvalue weighted by Crippen LogP contribution is -2.46. The summed E-state index contributed by atoms with van der Waals surface area (Å²) in [5, 5.41) is 5.68. The van der Waals surface area contributed by atoms with E-state index in [0.29, 0.717) is 5.92 Å². The van der Waals surface area contributed by atoms with Crippen LogP contribution < -0.4 is 10.6 Å². The van der Waals surface area contributed by atoms with Crippen LogP contribution in [0.15, 0.2) is 0 Å². The van der Waals surface area contributed by atoms with E-state index in [1.54, 1.807) is 13.8 Å². The number of imide groups is 1. The van der Waals surface area contributed by atoms with Crippen molar-refractivity contribution in [2.24, 2.45) is 5.92 Å². The van der Waals surface area contributed by atoms with Crippen molar-refractivity contribution in [3.63, 3.8) is 0 Å². The van der Waals surface area contributed by atoms with Crippen LogP contribution in [-0.4, -0.2) is 47.8 Å². The maximum Gasteiger partial charge on any atom is 0.252 e. The van der Waals surface area contributed by atoms with Crippen LogP contribution in [0.2, 0.25) is 0 Å². The molecule has 6 nitrogen and oxygen atoms in total. The van der Waals surface area contributed by atoms with Crippen LogP contribution in [0.25, 0.3) is 0 Å².